The fourth-order valence-corrected chi connectivity index (χ4v) is 0.482. The first-order chi connectivity index (χ1) is 3.43. The van der Waals surface area contributed by atoms with Crippen LogP contribution in [0.4, 0.5) is 0 Å². The lowest BCUT2D eigenvalue weighted by Gasteiger charge is -1.89. The Kier molecular flexibility index (Phi) is 1.35. The molecule has 7 heavy (non-hydrogen) atoms. The summed E-state index contributed by atoms with van der Waals surface area (Å²) in [6.45, 7) is 2.02. The van der Waals surface area contributed by atoms with E-state index in [0.29, 0.717) is 0 Å². The summed E-state index contributed by atoms with van der Waals surface area (Å²) in [5.74, 6) is 0. The number of hydrogen-bond acceptors (Lipinski definition) is 1. The number of hydrogen-bond donors (Lipinski definition) is 1. The summed E-state index contributed by atoms with van der Waals surface area (Å²) in [6.07, 6.45) is 6.77. The molecule has 1 aliphatic carbocycles. The summed E-state index contributed by atoms with van der Waals surface area (Å²) >= 11 is 0. The van der Waals surface area contributed by atoms with Crippen LogP contribution in [0.25, 0.3) is 0 Å². The Morgan fingerprint density at radius 1 is 1.57 bits per heavy atom. The summed E-state index contributed by atoms with van der Waals surface area (Å²) in [7, 11) is 0. The van der Waals surface area contributed by atoms with Crippen LogP contribution < -0.4 is 5.32 Å². The van der Waals surface area contributed by atoms with Crippen molar-refractivity contribution >= 4 is 0 Å². The van der Waals surface area contributed by atoms with Crippen molar-refractivity contribution in [2.75, 3.05) is 0 Å². The van der Waals surface area contributed by atoms with E-state index in [2.05, 4.69) is 5.32 Å². The van der Waals surface area contributed by atoms with Crippen molar-refractivity contribution in [3.8, 4) is 0 Å². The summed E-state index contributed by atoms with van der Waals surface area (Å²) < 4.78 is 0. The maximum atomic E-state index is 3.23. The third-order valence-corrected chi connectivity index (χ3v) is 1.08. The minimum Gasteiger partial charge on any atom is -0.388 e. The quantitative estimate of drug-likeness (QED) is 0.547. The lowest BCUT2D eigenvalue weighted by Crippen LogP contribution is -2.05. The third kappa shape index (κ3) is 1.62. The van der Waals surface area contributed by atoms with Crippen LogP contribution in [0.1, 0.15) is 19.8 Å². The molecule has 40 valence electrons. The Morgan fingerprint density at radius 3 is 2.71 bits per heavy atom. The van der Waals surface area contributed by atoms with Crippen LogP contribution in [0.5, 0.6) is 0 Å². The normalized spacial score (nSPS) is 20.7. The molecule has 0 unspecified atom stereocenters. The highest BCUT2D eigenvalue weighted by Crippen LogP contribution is 2.18. The summed E-state index contributed by atoms with van der Waals surface area (Å²) in [4.78, 5) is 0. The largest absolute Gasteiger partial charge is 0.388 e. The van der Waals surface area contributed by atoms with E-state index >= 15 is 0 Å². The molecular formula is C6H11N. The van der Waals surface area contributed by atoms with E-state index in [9.17, 15) is 0 Å². The predicted molar refractivity (Wildman–Crippen MR) is 31.0 cm³/mol. The van der Waals surface area contributed by atoms with Gasteiger partial charge in [-0.1, -0.05) is 6.08 Å². The van der Waals surface area contributed by atoms with Crippen molar-refractivity contribution in [3.63, 3.8) is 0 Å². The van der Waals surface area contributed by atoms with Crippen molar-refractivity contribution in [3.05, 3.63) is 12.3 Å². The maximum absolute atomic E-state index is 3.23. The molecule has 1 N–H and O–H groups in total. The Hall–Kier alpha value is -0.460. The predicted octanol–water partition coefficient (Wildman–Crippen LogP) is 1.27. The van der Waals surface area contributed by atoms with E-state index in [-0.39, 0.29) is 0 Å². The van der Waals surface area contributed by atoms with E-state index in [1.807, 2.05) is 19.2 Å². The van der Waals surface area contributed by atoms with Gasteiger partial charge in [0.15, 0.2) is 0 Å². The SMILES string of the molecule is C/C=C\NC1CC1. The summed E-state index contributed by atoms with van der Waals surface area (Å²) in [6, 6.07) is 0.816. The van der Waals surface area contributed by atoms with E-state index in [1.54, 1.807) is 0 Å². The molecule has 0 aliphatic heterocycles. The van der Waals surface area contributed by atoms with Crippen LogP contribution >= 0.6 is 0 Å². The highest BCUT2D eigenvalue weighted by molar-refractivity contribution is 4.87. The second-order valence-electron chi connectivity index (χ2n) is 1.94. The monoisotopic (exact) mass is 97.1 g/mol. The highest BCUT2D eigenvalue weighted by atomic mass is 14.9. The summed E-state index contributed by atoms with van der Waals surface area (Å²) in [5.41, 5.74) is 0. The molecule has 1 rings (SSSR count). The van der Waals surface area contributed by atoms with Gasteiger partial charge in [0, 0.05) is 6.04 Å². The average Bonchev–Trinajstić information content (AvgIpc) is 2.42. The molecule has 0 bridgehead atoms. The van der Waals surface area contributed by atoms with Crippen LogP contribution in [0.15, 0.2) is 12.3 Å². The molecule has 0 heterocycles. The molecule has 0 atom stereocenters. The lowest BCUT2D eigenvalue weighted by molar-refractivity contribution is 0.861. The molecule has 1 fully saturated rings. The standard InChI is InChI=1S/C6H11N/c1-2-5-7-6-3-4-6/h2,5-7H,3-4H2,1H3/b5-2-. The second kappa shape index (κ2) is 2.01. The molecule has 0 spiro atoms. The van der Waals surface area contributed by atoms with Gasteiger partial charge in [0.25, 0.3) is 0 Å². The van der Waals surface area contributed by atoms with Gasteiger partial charge in [-0.2, -0.15) is 0 Å². The van der Waals surface area contributed by atoms with Crippen molar-refractivity contribution in [1.82, 2.24) is 5.32 Å². The minimum absolute atomic E-state index is 0.816. The Bertz CT molecular complexity index is 72.2. The topological polar surface area (TPSA) is 12.0 Å². The molecule has 0 aromatic carbocycles. The van der Waals surface area contributed by atoms with Gasteiger partial charge >= 0.3 is 0 Å². The Morgan fingerprint density at radius 2 is 2.29 bits per heavy atom. The van der Waals surface area contributed by atoms with E-state index in [1.165, 1.54) is 12.8 Å². The fraction of sp³-hybridized carbons (Fsp3) is 0.667. The fourth-order valence-electron chi connectivity index (χ4n) is 0.482. The zero-order valence-electron chi connectivity index (χ0n) is 4.65. The molecule has 0 saturated heterocycles. The zero-order chi connectivity index (χ0) is 5.11. The third-order valence-electron chi connectivity index (χ3n) is 1.08. The van der Waals surface area contributed by atoms with Crippen molar-refractivity contribution in [1.29, 1.82) is 0 Å². The second-order valence-corrected chi connectivity index (χ2v) is 1.94. The van der Waals surface area contributed by atoms with Gasteiger partial charge in [0.1, 0.15) is 0 Å². The molecule has 0 amide bonds. The Labute approximate surface area is 44.4 Å². The average molecular weight is 97.2 g/mol. The van der Waals surface area contributed by atoms with Gasteiger partial charge in [0.2, 0.25) is 0 Å². The van der Waals surface area contributed by atoms with Gasteiger partial charge in [-0.25, -0.2) is 0 Å². The van der Waals surface area contributed by atoms with Crippen molar-refractivity contribution in [2.24, 2.45) is 0 Å². The van der Waals surface area contributed by atoms with Gasteiger partial charge in [-0.05, 0) is 26.0 Å². The zero-order valence-corrected chi connectivity index (χ0v) is 4.65. The minimum atomic E-state index is 0.816. The van der Waals surface area contributed by atoms with Gasteiger partial charge in [-0.3, -0.25) is 0 Å². The number of nitrogens with one attached hydrogen (secondary N) is 1. The van der Waals surface area contributed by atoms with Crippen molar-refractivity contribution in [2.45, 2.75) is 25.8 Å². The first-order valence-corrected chi connectivity index (χ1v) is 2.80. The van der Waals surface area contributed by atoms with Crippen LogP contribution in [-0.4, -0.2) is 6.04 Å². The van der Waals surface area contributed by atoms with E-state index in [0.717, 1.165) is 6.04 Å². The van der Waals surface area contributed by atoms with Crippen LogP contribution in [0.3, 0.4) is 0 Å². The molecule has 1 nitrogen and oxygen atoms in total. The molecule has 0 radical (unpaired) electrons. The molecule has 0 aromatic rings. The highest BCUT2D eigenvalue weighted by Gasteiger charge is 2.18. The van der Waals surface area contributed by atoms with Gasteiger partial charge < -0.3 is 5.32 Å². The van der Waals surface area contributed by atoms with Crippen molar-refractivity contribution < 1.29 is 0 Å². The summed E-state index contributed by atoms with van der Waals surface area (Å²) in [5, 5.41) is 3.23. The molecular weight excluding hydrogens is 86.1 g/mol. The van der Waals surface area contributed by atoms with E-state index < -0.39 is 0 Å². The molecule has 1 heteroatoms. The van der Waals surface area contributed by atoms with E-state index in [4.69, 9.17) is 0 Å². The van der Waals surface area contributed by atoms with Crippen LogP contribution in [0.2, 0.25) is 0 Å². The van der Waals surface area contributed by atoms with Crippen LogP contribution in [0, 0.1) is 0 Å². The maximum Gasteiger partial charge on any atom is 0.0257 e. The number of allylic oxidation sites excluding steroid dienone is 1. The smallest absolute Gasteiger partial charge is 0.0257 e. The first kappa shape index (κ1) is 4.69. The molecule has 0 aromatic heterocycles. The number of rotatable bonds is 2. The molecule has 1 aliphatic rings. The molecule has 1 saturated carbocycles. The lowest BCUT2D eigenvalue weighted by atomic mass is 10.6. The van der Waals surface area contributed by atoms with Gasteiger partial charge in [0.05, 0.1) is 0 Å². The first-order valence-electron chi connectivity index (χ1n) is 2.80. The Balaban J connectivity index is 1.98. The van der Waals surface area contributed by atoms with Gasteiger partial charge in [-0.15, -0.1) is 0 Å². The van der Waals surface area contributed by atoms with Crippen LogP contribution in [-0.2, 0) is 0 Å².